The maximum Gasteiger partial charge on any atom is 0.319 e. The van der Waals surface area contributed by atoms with Crippen LogP contribution in [0.2, 0.25) is 0 Å². The van der Waals surface area contributed by atoms with Crippen molar-refractivity contribution in [3.05, 3.63) is 48.5 Å². The highest BCUT2D eigenvalue weighted by atomic mass is 16.2. The molecule has 0 spiro atoms. The molecule has 4 rings (SSSR count). The molecule has 26 heavy (non-hydrogen) atoms. The second-order valence-electron chi connectivity index (χ2n) is 6.90. The Bertz CT molecular complexity index is 724. The minimum Gasteiger partial charge on any atom is -0.335 e. The predicted octanol–water partition coefficient (Wildman–Crippen LogP) is 3.92. The van der Waals surface area contributed by atoms with Crippen LogP contribution < -0.4 is 21.3 Å². The molecule has 0 atom stereocenters. The Morgan fingerprint density at radius 2 is 0.962 bits per heavy atom. The van der Waals surface area contributed by atoms with Crippen LogP contribution in [0.5, 0.6) is 0 Å². The zero-order valence-corrected chi connectivity index (χ0v) is 14.4. The Morgan fingerprint density at radius 1 is 0.615 bits per heavy atom. The Hall–Kier alpha value is -3.02. The summed E-state index contributed by atoms with van der Waals surface area (Å²) in [5, 5.41) is 11.5. The molecule has 0 aromatic heterocycles. The van der Waals surface area contributed by atoms with Gasteiger partial charge in [0.05, 0.1) is 0 Å². The standard InChI is InChI=1S/C20H22N4O2/c25-19(23-17-9-10-17)21-15-5-1-13(2-6-15)14-3-7-16(8-4-14)22-20(26)24-18-11-12-18/h1-8,17-18H,9-12H2,(H2,21,23,25)(H2,22,24,26). The summed E-state index contributed by atoms with van der Waals surface area (Å²) in [6.45, 7) is 0. The normalized spacial score (nSPS) is 15.8. The van der Waals surface area contributed by atoms with Gasteiger partial charge in [-0.25, -0.2) is 9.59 Å². The molecule has 2 aliphatic rings. The molecule has 0 saturated heterocycles. The fourth-order valence-corrected chi connectivity index (χ4v) is 2.65. The van der Waals surface area contributed by atoms with E-state index in [1.807, 2.05) is 48.5 Å². The van der Waals surface area contributed by atoms with Crippen molar-refractivity contribution in [1.29, 1.82) is 0 Å². The van der Waals surface area contributed by atoms with E-state index in [9.17, 15) is 9.59 Å². The molecule has 2 aliphatic carbocycles. The highest BCUT2D eigenvalue weighted by Gasteiger charge is 2.23. The number of hydrogen-bond acceptors (Lipinski definition) is 2. The third-order valence-electron chi connectivity index (χ3n) is 4.44. The maximum absolute atomic E-state index is 11.8. The number of benzene rings is 2. The number of urea groups is 2. The van der Waals surface area contributed by atoms with Crippen LogP contribution in [0.3, 0.4) is 0 Å². The Kier molecular flexibility index (Phi) is 4.48. The van der Waals surface area contributed by atoms with Gasteiger partial charge in [0.25, 0.3) is 0 Å². The van der Waals surface area contributed by atoms with Crippen molar-refractivity contribution < 1.29 is 9.59 Å². The van der Waals surface area contributed by atoms with Crippen molar-refractivity contribution in [3.8, 4) is 11.1 Å². The van der Waals surface area contributed by atoms with E-state index >= 15 is 0 Å². The number of nitrogens with one attached hydrogen (secondary N) is 4. The van der Waals surface area contributed by atoms with Gasteiger partial charge in [-0.05, 0) is 61.1 Å². The molecule has 6 nitrogen and oxygen atoms in total. The lowest BCUT2D eigenvalue weighted by molar-refractivity contribution is 0.251. The summed E-state index contributed by atoms with van der Waals surface area (Å²) in [5.41, 5.74) is 3.63. The minimum absolute atomic E-state index is 0.153. The summed E-state index contributed by atoms with van der Waals surface area (Å²) in [6, 6.07) is 15.8. The molecule has 0 aliphatic heterocycles. The Balaban J connectivity index is 1.34. The molecule has 0 radical (unpaired) electrons. The van der Waals surface area contributed by atoms with Crippen LogP contribution in [0.15, 0.2) is 48.5 Å². The number of carbonyl (C=O) groups is 2. The molecule has 0 unspecified atom stereocenters. The average molecular weight is 350 g/mol. The highest BCUT2D eigenvalue weighted by Crippen LogP contribution is 2.24. The highest BCUT2D eigenvalue weighted by molar-refractivity contribution is 5.91. The predicted molar refractivity (Wildman–Crippen MR) is 102 cm³/mol. The Morgan fingerprint density at radius 3 is 1.27 bits per heavy atom. The quantitative estimate of drug-likeness (QED) is 0.659. The van der Waals surface area contributed by atoms with E-state index in [0.29, 0.717) is 12.1 Å². The average Bonchev–Trinajstić information content (AvgIpc) is 3.54. The van der Waals surface area contributed by atoms with E-state index in [1.54, 1.807) is 0 Å². The summed E-state index contributed by atoms with van der Waals surface area (Å²) >= 11 is 0. The van der Waals surface area contributed by atoms with Gasteiger partial charge >= 0.3 is 12.1 Å². The van der Waals surface area contributed by atoms with Gasteiger partial charge in [-0.2, -0.15) is 0 Å². The van der Waals surface area contributed by atoms with Gasteiger partial charge in [-0.15, -0.1) is 0 Å². The molecule has 2 saturated carbocycles. The molecule has 4 amide bonds. The van der Waals surface area contributed by atoms with E-state index in [4.69, 9.17) is 0 Å². The van der Waals surface area contributed by atoms with Crippen molar-refractivity contribution in [2.75, 3.05) is 10.6 Å². The van der Waals surface area contributed by atoms with E-state index in [0.717, 1.165) is 48.2 Å². The summed E-state index contributed by atoms with van der Waals surface area (Å²) in [6.07, 6.45) is 4.28. The third kappa shape index (κ3) is 4.53. The lowest BCUT2D eigenvalue weighted by atomic mass is 10.1. The maximum atomic E-state index is 11.8. The lowest BCUT2D eigenvalue weighted by Gasteiger charge is -2.09. The van der Waals surface area contributed by atoms with Gasteiger partial charge in [0.2, 0.25) is 0 Å². The molecule has 0 bridgehead atoms. The van der Waals surface area contributed by atoms with Crippen LogP contribution in [0.4, 0.5) is 21.0 Å². The van der Waals surface area contributed by atoms with E-state index in [2.05, 4.69) is 21.3 Å². The van der Waals surface area contributed by atoms with Crippen LogP contribution in [-0.2, 0) is 0 Å². The SMILES string of the molecule is O=C(Nc1ccc(-c2ccc(NC(=O)NC3CC3)cc2)cc1)NC1CC1. The molecule has 0 heterocycles. The van der Waals surface area contributed by atoms with Crippen LogP contribution in [0.25, 0.3) is 11.1 Å². The van der Waals surface area contributed by atoms with Crippen LogP contribution in [0, 0.1) is 0 Å². The first-order valence-electron chi connectivity index (χ1n) is 9.01. The first kappa shape index (κ1) is 16.4. The Labute approximate surface area is 152 Å². The molecule has 6 heteroatoms. The number of carbonyl (C=O) groups excluding carboxylic acids is 2. The summed E-state index contributed by atoms with van der Waals surface area (Å²) in [4.78, 5) is 23.5. The zero-order chi connectivity index (χ0) is 17.9. The van der Waals surface area contributed by atoms with E-state index in [1.165, 1.54) is 0 Å². The van der Waals surface area contributed by atoms with Crippen molar-refractivity contribution in [3.63, 3.8) is 0 Å². The van der Waals surface area contributed by atoms with Gasteiger partial charge in [0.1, 0.15) is 0 Å². The smallest absolute Gasteiger partial charge is 0.319 e. The second kappa shape index (κ2) is 7.07. The van der Waals surface area contributed by atoms with Gasteiger partial charge in [-0.3, -0.25) is 0 Å². The summed E-state index contributed by atoms with van der Waals surface area (Å²) < 4.78 is 0. The van der Waals surface area contributed by atoms with Crippen molar-refractivity contribution in [2.45, 2.75) is 37.8 Å². The van der Waals surface area contributed by atoms with Gasteiger partial charge in [0.15, 0.2) is 0 Å². The fourth-order valence-electron chi connectivity index (χ4n) is 2.65. The lowest BCUT2D eigenvalue weighted by Crippen LogP contribution is -2.30. The van der Waals surface area contributed by atoms with E-state index < -0.39 is 0 Å². The molecule has 2 aromatic rings. The summed E-state index contributed by atoms with van der Waals surface area (Å²) in [7, 11) is 0. The second-order valence-corrected chi connectivity index (χ2v) is 6.90. The zero-order valence-electron chi connectivity index (χ0n) is 14.4. The van der Waals surface area contributed by atoms with E-state index in [-0.39, 0.29) is 12.1 Å². The largest absolute Gasteiger partial charge is 0.335 e. The summed E-state index contributed by atoms with van der Waals surface area (Å²) in [5.74, 6) is 0. The topological polar surface area (TPSA) is 82.3 Å². The first-order valence-corrected chi connectivity index (χ1v) is 9.01. The van der Waals surface area contributed by atoms with Crippen LogP contribution in [0.1, 0.15) is 25.7 Å². The molecule has 134 valence electrons. The molecular weight excluding hydrogens is 328 g/mol. The minimum atomic E-state index is -0.153. The monoisotopic (exact) mass is 350 g/mol. The number of hydrogen-bond donors (Lipinski definition) is 4. The fraction of sp³-hybridized carbons (Fsp3) is 0.300. The van der Waals surface area contributed by atoms with Crippen LogP contribution >= 0.6 is 0 Å². The number of anilines is 2. The van der Waals surface area contributed by atoms with Gasteiger partial charge in [-0.1, -0.05) is 24.3 Å². The van der Waals surface area contributed by atoms with Crippen molar-refractivity contribution in [1.82, 2.24) is 10.6 Å². The van der Waals surface area contributed by atoms with Crippen molar-refractivity contribution >= 4 is 23.4 Å². The van der Waals surface area contributed by atoms with Crippen molar-refractivity contribution in [2.24, 2.45) is 0 Å². The third-order valence-corrected chi connectivity index (χ3v) is 4.44. The molecule has 2 aromatic carbocycles. The number of rotatable bonds is 5. The van der Waals surface area contributed by atoms with Crippen LogP contribution in [-0.4, -0.2) is 24.1 Å². The number of amides is 4. The van der Waals surface area contributed by atoms with Gasteiger partial charge < -0.3 is 21.3 Å². The molecule has 2 fully saturated rings. The molecular formula is C20H22N4O2. The molecule has 4 N–H and O–H groups in total. The first-order chi connectivity index (χ1) is 12.7. The van der Waals surface area contributed by atoms with Gasteiger partial charge in [0, 0.05) is 23.5 Å².